The van der Waals surface area contributed by atoms with Crippen LogP contribution in [0.25, 0.3) is 11.1 Å². The maximum absolute atomic E-state index is 13.0. The van der Waals surface area contributed by atoms with Crippen molar-refractivity contribution in [2.45, 2.75) is 71.1 Å². The Bertz CT molecular complexity index is 1000. The van der Waals surface area contributed by atoms with Crippen LogP contribution in [0.15, 0.2) is 47.4 Å². The van der Waals surface area contributed by atoms with E-state index in [4.69, 9.17) is 4.74 Å². The summed E-state index contributed by atoms with van der Waals surface area (Å²) in [5, 5.41) is 10.2. The first-order chi connectivity index (χ1) is 14.9. The van der Waals surface area contributed by atoms with Gasteiger partial charge in [0.15, 0.2) is 0 Å². The number of aliphatic hydroxyl groups is 1. The third kappa shape index (κ3) is 5.23. The molecule has 0 saturated carbocycles. The van der Waals surface area contributed by atoms with Crippen molar-refractivity contribution in [2.75, 3.05) is 6.54 Å². The summed E-state index contributed by atoms with van der Waals surface area (Å²) in [6.45, 7) is 10.3. The number of aryl methyl sites for hydroxylation is 1. The van der Waals surface area contributed by atoms with Crippen LogP contribution >= 0.6 is 0 Å². The highest BCUT2D eigenvalue weighted by atomic mass is 16.6. The van der Waals surface area contributed by atoms with E-state index in [0.29, 0.717) is 19.4 Å². The van der Waals surface area contributed by atoms with Crippen molar-refractivity contribution in [2.24, 2.45) is 13.0 Å². The van der Waals surface area contributed by atoms with Crippen molar-refractivity contribution in [3.63, 3.8) is 0 Å². The second kappa shape index (κ2) is 9.10. The number of nitrogens with zero attached hydrogens (tertiary/aromatic N) is 2. The number of pyridine rings is 1. The van der Waals surface area contributed by atoms with Crippen LogP contribution in [0.5, 0.6) is 0 Å². The Labute approximate surface area is 190 Å². The van der Waals surface area contributed by atoms with Gasteiger partial charge in [0.25, 0.3) is 5.56 Å². The summed E-state index contributed by atoms with van der Waals surface area (Å²) in [4.78, 5) is 26.7. The molecule has 1 amide bonds. The predicted octanol–water partition coefficient (Wildman–Crippen LogP) is 4.90. The maximum atomic E-state index is 13.0. The number of carbonyl (C=O) groups is 1. The van der Waals surface area contributed by atoms with Gasteiger partial charge in [0.2, 0.25) is 0 Å². The summed E-state index contributed by atoms with van der Waals surface area (Å²) in [5.41, 5.74) is 1.47. The van der Waals surface area contributed by atoms with Crippen LogP contribution in [-0.2, 0) is 11.8 Å². The standard InChI is InChI=1S/C26H36N2O4/c1-18(2)26(13-12-25(4,5)31)14-16-28(24(30)32-26)19(3)20-7-9-21(10-8-20)22-11-15-27(6)23(29)17-22/h7-11,15,17-19,31H,12-14,16H2,1-6H3/t19-,26-/m0/s1. The lowest BCUT2D eigenvalue weighted by Crippen LogP contribution is -2.53. The van der Waals surface area contributed by atoms with Crippen LogP contribution in [0.2, 0.25) is 0 Å². The highest BCUT2D eigenvalue weighted by Crippen LogP contribution is 2.39. The average molecular weight is 441 g/mol. The predicted molar refractivity (Wildman–Crippen MR) is 126 cm³/mol. The summed E-state index contributed by atoms with van der Waals surface area (Å²) in [6, 6.07) is 11.4. The van der Waals surface area contributed by atoms with Gasteiger partial charge in [0.1, 0.15) is 5.60 Å². The summed E-state index contributed by atoms with van der Waals surface area (Å²) < 4.78 is 7.58. The van der Waals surface area contributed by atoms with Gasteiger partial charge in [-0.3, -0.25) is 4.79 Å². The molecule has 0 spiro atoms. The van der Waals surface area contributed by atoms with Crippen molar-refractivity contribution in [3.8, 4) is 11.1 Å². The van der Waals surface area contributed by atoms with Crippen LogP contribution in [0.1, 0.15) is 65.5 Å². The number of hydrogen-bond acceptors (Lipinski definition) is 4. The molecule has 174 valence electrons. The molecule has 6 heteroatoms. The number of benzene rings is 1. The first kappa shape index (κ1) is 24.1. The number of amides is 1. The molecule has 1 aliphatic heterocycles. The van der Waals surface area contributed by atoms with E-state index in [-0.39, 0.29) is 23.6 Å². The van der Waals surface area contributed by atoms with Gasteiger partial charge in [-0.15, -0.1) is 0 Å². The fourth-order valence-corrected chi connectivity index (χ4v) is 4.29. The molecule has 6 nitrogen and oxygen atoms in total. The highest BCUT2D eigenvalue weighted by Gasteiger charge is 2.44. The van der Waals surface area contributed by atoms with Crippen molar-refractivity contribution >= 4 is 6.09 Å². The summed E-state index contributed by atoms with van der Waals surface area (Å²) in [7, 11) is 1.73. The maximum Gasteiger partial charge on any atom is 0.410 e. The second-order valence-corrected chi connectivity index (χ2v) is 10.0. The zero-order chi connectivity index (χ0) is 23.7. The second-order valence-electron chi connectivity index (χ2n) is 10.0. The molecular weight excluding hydrogens is 404 g/mol. The Kier molecular flexibility index (Phi) is 6.84. The van der Waals surface area contributed by atoms with Crippen molar-refractivity contribution in [1.82, 2.24) is 9.47 Å². The molecule has 32 heavy (non-hydrogen) atoms. The van der Waals surface area contributed by atoms with E-state index in [1.54, 1.807) is 42.6 Å². The van der Waals surface area contributed by atoms with E-state index in [2.05, 4.69) is 13.8 Å². The Morgan fingerprint density at radius 3 is 2.28 bits per heavy atom. The largest absolute Gasteiger partial charge is 0.442 e. The molecule has 2 aromatic rings. The molecule has 0 unspecified atom stereocenters. The van der Waals surface area contributed by atoms with Gasteiger partial charge >= 0.3 is 6.09 Å². The minimum Gasteiger partial charge on any atom is -0.442 e. The SMILES string of the molecule is CC(C)[C@]1(CCC(C)(C)O)CCN([C@@H](C)c2ccc(-c3ccn(C)c(=O)c3)cc2)C(=O)O1. The minimum absolute atomic E-state index is 0.0470. The molecule has 1 saturated heterocycles. The normalized spacial score (nSPS) is 20.4. The third-order valence-electron chi connectivity index (χ3n) is 6.81. The lowest BCUT2D eigenvalue weighted by molar-refractivity contribution is -0.0968. The zero-order valence-corrected chi connectivity index (χ0v) is 20.1. The van der Waals surface area contributed by atoms with Gasteiger partial charge in [-0.1, -0.05) is 38.1 Å². The highest BCUT2D eigenvalue weighted by molar-refractivity contribution is 5.70. The number of aromatic nitrogens is 1. The molecule has 0 bridgehead atoms. The molecule has 3 rings (SSSR count). The van der Waals surface area contributed by atoms with E-state index in [0.717, 1.165) is 23.1 Å². The number of rotatable bonds is 7. The van der Waals surface area contributed by atoms with E-state index in [1.807, 2.05) is 37.3 Å². The number of cyclic esters (lactones) is 1. The Morgan fingerprint density at radius 1 is 1.09 bits per heavy atom. The molecule has 2 atom stereocenters. The minimum atomic E-state index is -0.788. The van der Waals surface area contributed by atoms with Crippen LogP contribution in [0.4, 0.5) is 4.79 Å². The van der Waals surface area contributed by atoms with E-state index >= 15 is 0 Å². The smallest absolute Gasteiger partial charge is 0.410 e. The Hall–Kier alpha value is -2.60. The number of carbonyl (C=O) groups excluding carboxylic acids is 1. The molecule has 1 aliphatic rings. The average Bonchev–Trinajstić information content (AvgIpc) is 2.73. The number of hydrogen-bond donors (Lipinski definition) is 1. The Balaban J connectivity index is 1.73. The fourth-order valence-electron chi connectivity index (χ4n) is 4.29. The van der Waals surface area contributed by atoms with Crippen LogP contribution in [0.3, 0.4) is 0 Å². The Morgan fingerprint density at radius 2 is 1.75 bits per heavy atom. The molecule has 1 aromatic carbocycles. The zero-order valence-electron chi connectivity index (χ0n) is 20.1. The third-order valence-corrected chi connectivity index (χ3v) is 6.81. The fraction of sp³-hybridized carbons (Fsp3) is 0.538. The number of ether oxygens (including phenoxy) is 1. The monoisotopic (exact) mass is 440 g/mol. The van der Waals surface area contributed by atoms with E-state index in [1.165, 1.54) is 0 Å². The van der Waals surface area contributed by atoms with Gasteiger partial charge in [-0.25, -0.2) is 4.79 Å². The van der Waals surface area contributed by atoms with Crippen molar-refractivity contribution in [1.29, 1.82) is 0 Å². The molecule has 1 fully saturated rings. The summed E-state index contributed by atoms with van der Waals surface area (Å²) in [6.07, 6.45) is 3.42. The molecule has 0 radical (unpaired) electrons. The van der Waals surface area contributed by atoms with E-state index in [9.17, 15) is 14.7 Å². The van der Waals surface area contributed by atoms with Gasteiger partial charge < -0.3 is 19.3 Å². The molecule has 1 aromatic heterocycles. The van der Waals surface area contributed by atoms with Gasteiger partial charge in [-0.2, -0.15) is 0 Å². The first-order valence-corrected chi connectivity index (χ1v) is 11.4. The topological polar surface area (TPSA) is 71.8 Å². The lowest BCUT2D eigenvalue weighted by Gasteiger charge is -2.46. The molecule has 1 N–H and O–H groups in total. The van der Waals surface area contributed by atoms with Gasteiger partial charge in [-0.05, 0) is 62.3 Å². The van der Waals surface area contributed by atoms with Gasteiger partial charge in [0.05, 0.1) is 11.6 Å². The van der Waals surface area contributed by atoms with Crippen LogP contribution in [-0.4, -0.2) is 38.4 Å². The van der Waals surface area contributed by atoms with Crippen molar-refractivity contribution in [3.05, 3.63) is 58.5 Å². The van der Waals surface area contributed by atoms with Gasteiger partial charge in [0, 0.05) is 32.3 Å². The summed E-state index contributed by atoms with van der Waals surface area (Å²) >= 11 is 0. The lowest BCUT2D eigenvalue weighted by atomic mass is 9.79. The quantitative estimate of drug-likeness (QED) is 0.665. The summed E-state index contributed by atoms with van der Waals surface area (Å²) in [5.74, 6) is 0.170. The van der Waals surface area contributed by atoms with E-state index < -0.39 is 11.2 Å². The van der Waals surface area contributed by atoms with Crippen molar-refractivity contribution < 1.29 is 14.6 Å². The first-order valence-electron chi connectivity index (χ1n) is 11.4. The van der Waals surface area contributed by atoms with Crippen LogP contribution in [0, 0.1) is 5.92 Å². The van der Waals surface area contributed by atoms with Crippen LogP contribution < -0.4 is 5.56 Å². The molecule has 0 aliphatic carbocycles. The molecular formula is C26H36N2O4. The molecule has 2 heterocycles.